The Hall–Kier alpha value is -1.37. The Kier molecular flexibility index (Phi) is 4.41. The lowest BCUT2D eigenvalue weighted by molar-refractivity contribution is -0.137. The first kappa shape index (κ1) is 16.0. The minimum absolute atomic E-state index is 0.251. The van der Waals surface area contributed by atoms with Crippen LogP contribution in [0.15, 0.2) is 18.2 Å². The highest BCUT2D eigenvalue weighted by Crippen LogP contribution is 2.35. The van der Waals surface area contributed by atoms with Crippen molar-refractivity contribution in [1.82, 2.24) is 0 Å². The lowest BCUT2D eigenvalue weighted by Gasteiger charge is -2.36. The van der Waals surface area contributed by atoms with Crippen molar-refractivity contribution in [2.45, 2.75) is 30.5 Å². The summed E-state index contributed by atoms with van der Waals surface area (Å²) in [6, 6.07) is 3.86. The maximum Gasteiger partial charge on any atom is 0.417 e. The number of nitrogens with zero attached hydrogens (tertiary/aromatic N) is 1. The fraction of sp³-hybridized carbons (Fsp3) is 0.500. The van der Waals surface area contributed by atoms with Gasteiger partial charge >= 0.3 is 6.18 Å². The van der Waals surface area contributed by atoms with Gasteiger partial charge in [0.2, 0.25) is 0 Å². The average molecular weight is 317 g/mol. The summed E-state index contributed by atoms with van der Waals surface area (Å²) in [5.74, 6) is -0.559. The number of benzene rings is 1. The van der Waals surface area contributed by atoms with E-state index in [-0.39, 0.29) is 5.56 Å². The molecule has 116 valence electrons. The summed E-state index contributed by atoms with van der Waals surface area (Å²) in [5.41, 5.74) is 4.91. The van der Waals surface area contributed by atoms with Gasteiger partial charge in [-0.1, -0.05) is 13.8 Å². The van der Waals surface area contributed by atoms with Gasteiger partial charge in [-0.15, -0.1) is 0 Å². The molecule has 0 radical (unpaired) electrons. The van der Waals surface area contributed by atoms with E-state index in [1.54, 1.807) is 0 Å². The topological polar surface area (TPSA) is 53.1 Å². The molecule has 0 spiro atoms. The lowest BCUT2D eigenvalue weighted by Crippen LogP contribution is -2.40. The van der Waals surface area contributed by atoms with Crippen LogP contribution in [0.2, 0.25) is 0 Å². The average Bonchev–Trinajstić information content (AvgIpc) is 2.35. The normalized spacial score (nSPS) is 23.2. The van der Waals surface area contributed by atoms with Crippen LogP contribution in [0.4, 0.5) is 18.9 Å². The summed E-state index contributed by atoms with van der Waals surface area (Å²) in [4.78, 5) is 2.05. The van der Waals surface area contributed by atoms with Gasteiger partial charge in [0.1, 0.15) is 5.84 Å². The summed E-state index contributed by atoms with van der Waals surface area (Å²) in [6.07, 6.45) is -4.50. The predicted octanol–water partition coefficient (Wildman–Crippen LogP) is 3.32. The molecule has 1 heterocycles. The maximum atomic E-state index is 12.9. The van der Waals surface area contributed by atoms with E-state index in [0.717, 1.165) is 19.2 Å². The Morgan fingerprint density at radius 1 is 1.29 bits per heavy atom. The van der Waals surface area contributed by atoms with Crippen molar-refractivity contribution in [3.8, 4) is 0 Å². The monoisotopic (exact) mass is 317 g/mol. The lowest BCUT2D eigenvalue weighted by atomic mass is 10.0. The van der Waals surface area contributed by atoms with E-state index < -0.39 is 17.6 Å². The second kappa shape index (κ2) is 5.79. The Morgan fingerprint density at radius 2 is 1.86 bits per heavy atom. The Bertz CT molecular complexity index is 535. The molecule has 2 unspecified atom stereocenters. The number of anilines is 1. The third-order valence-electron chi connectivity index (χ3n) is 3.38. The van der Waals surface area contributed by atoms with Gasteiger partial charge in [-0.05, 0) is 18.2 Å². The van der Waals surface area contributed by atoms with E-state index in [0.29, 0.717) is 16.2 Å². The molecule has 0 saturated carbocycles. The zero-order valence-electron chi connectivity index (χ0n) is 11.9. The van der Waals surface area contributed by atoms with Gasteiger partial charge in [0.25, 0.3) is 0 Å². The highest BCUT2D eigenvalue weighted by Gasteiger charge is 2.34. The van der Waals surface area contributed by atoms with Crippen LogP contribution in [-0.2, 0) is 6.18 Å². The van der Waals surface area contributed by atoms with Gasteiger partial charge < -0.3 is 10.6 Å². The third-order valence-corrected chi connectivity index (χ3v) is 4.61. The number of nitrogens with two attached hydrogens (primary N) is 1. The van der Waals surface area contributed by atoms with Gasteiger partial charge in [-0.25, -0.2) is 0 Å². The number of rotatable bonds is 2. The SMILES string of the molecule is CC1CN(c2ccc(C(F)(F)F)c(C(=N)N)c2)CC(C)S1. The minimum atomic E-state index is -4.50. The van der Waals surface area contributed by atoms with Gasteiger partial charge in [0.05, 0.1) is 5.56 Å². The summed E-state index contributed by atoms with van der Waals surface area (Å²) >= 11 is 1.87. The van der Waals surface area contributed by atoms with Crippen LogP contribution in [-0.4, -0.2) is 29.4 Å². The standard InChI is InChI=1S/C14H18F3N3S/c1-8-6-20(7-9(2)21-8)10-3-4-12(14(15,16)17)11(5-10)13(18)19/h3-5,8-9H,6-7H2,1-2H3,(H3,18,19). The molecule has 0 aromatic heterocycles. The van der Waals surface area contributed by atoms with E-state index in [4.69, 9.17) is 11.1 Å². The van der Waals surface area contributed by atoms with E-state index in [2.05, 4.69) is 18.7 Å². The Labute approximate surface area is 126 Å². The molecule has 7 heteroatoms. The van der Waals surface area contributed by atoms with Crippen LogP contribution in [0, 0.1) is 5.41 Å². The van der Waals surface area contributed by atoms with Crippen molar-refractivity contribution < 1.29 is 13.2 Å². The van der Waals surface area contributed by atoms with Crippen LogP contribution in [0.25, 0.3) is 0 Å². The van der Waals surface area contributed by atoms with Crippen molar-refractivity contribution in [2.75, 3.05) is 18.0 Å². The number of halogens is 3. The van der Waals surface area contributed by atoms with Crippen molar-refractivity contribution >= 4 is 23.3 Å². The highest BCUT2D eigenvalue weighted by atomic mass is 32.2. The van der Waals surface area contributed by atoms with Crippen molar-refractivity contribution in [3.63, 3.8) is 0 Å². The quantitative estimate of drug-likeness (QED) is 0.650. The molecule has 0 bridgehead atoms. The zero-order chi connectivity index (χ0) is 15.8. The second-order valence-corrected chi connectivity index (χ2v) is 7.19. The first-order valence-corrected chi connectivity index (χ1v) is 7.59. The fourth-order valence-corrected chi connectivity index (χ4v) is 3.91. The van der Waals surface area contributed by atoms with E-state index in [9.17, 15) is 13.2 Å². The molecular weight excluding hydrogens is 299 g/mol. The van der Waals surface area contributed by atoms with Gasteiger partial charge in [0.15, 0.2) is 0 Å². The first-order valence-electron chi connectivity index (χ1n) is 6.64. The van der Waals surface area contributed by atoms with Crippen LogP contribution >= 0.6 is 11.8 Å². The van der Waals surface area contributed by atoms with Gasteiger partial charge in [-0.2, -0.15) is 24.9 Å². The van der Waals surface area contributed by atoms with Crippen molar-refractivity contribution in [1.29, 1.82) is 5.41 Å². The molecule has 21 heavy (non-hydrogen) atoms. The highest BCUT2D eigenvalue weighted by molar-refractivity contribution is 8.00. The molecule has 1 saturated heterocycles. The Balaban J connectivity index is 2.38. The molecular formula is C14H18F3N3S. The summed E-state index contributed by atoms with van der Waals surface area (Å²) in [7, 11) is 0. The minimum Gasteiger partial charge on any atom is -0.384 e. The molecule has 3 N–H and O–H groups in total. The molecule has 2 atom stereocenters. The molecule has 1 fully saturated rings. The van der Waals surface area contributed by atoms with Gasteiger partial charge in [-0.3, -0.25) is 5.41 Å². The van der Waals surface area contributed by atoms with Crippen LogP contribution in [0.1, 0.15) is 25.0 Å². The van der Waals surface area contributed by atoms with Crippen molar-refractivity contribution in [3.05, 3.63) is 29.3 Å². The number of hydrogen-bond acceptors (Lipinski definition) is 3. The van der Waals surface area contributed by atoms with E-state index in [1.807, 2.05) is 11.8 Å². The molecule has 0 aliphatic carbocycles. The summed E-state index contributed by atoms with van der Waals surface area (Å²) in [6.45, 7) is 5.75. The number of hydrogen-bond donors (Lipinski definition) is 2. The number of nitrogens with one attached hydrogen (secondary N) is 1. The number of nitrogen functional groups attached to an aromatic ring is 1. The first-order chi connectivity index (χ1) is 9.68. The molecule has 0 amide bonds. The van der Waals surface area contributed by atoms with Crippen molar-refractivity contribution in [2.24, 2.45) is 5.73 Å². The molecule has 1 aliphatic heterocycles. The van der Waals surface area contributed by atoms with E-state index in [1.165, 1.54) is 12.1 Å². The van der Waals surface area contributed by atoms with E-state index >= 15 is 0 Å². The summed E-state index contributed by atoms with van der Waals surface area (Å²) in [5, 5.41) is 8.23. The molecule has 1 aromatic rings. The third kappa shape index (κ3) is 3.64. The fourth-order valence-electron chi connectivity index (χ4n) is 2.59. The molecule has 1 aromatic carbocycles. The second-order valence-electron chi connectivity index (χ2n) is 5.30. The largest absolute Gasteiger partial charge is 0.417 e. The van der Waals surface area contributed by atoms with Crippen LogP contribution in [0.5, 0.6) is 0 Å². The van der Waals surface area contributed by atoms with Crippen LogP contribution < -0.4 is 10.6 Å². The number of alkyl halides is 3. The number of amidine groups is 1. The maximum absolute atomic E-state index is 12.9. The van der Waals surface area contributed by atoms with Crippen LogP contribution in [0.3, 0.4) is 0 Å². The predicted molar refractivity (Wildman–Crippen MR) is 81.2 cm³/mol. The van der Waals surface area contributed by atoms with Gasteiger partial charge in [0, 0.05) is 34.8 Å². The molecule has 1 aliphatic rings. The molecule has 3 nitrogen and oxygen atoms in total. The summed E-state index contributed by atoms with van der Waals surface area (Å²) < 4.78 is 38.8. The Morgan fingerprint density at radius 3 is 2.33 bits per heavy atom. The molecule has 2 rings (SSSR count). The zero-order valence-corrected chi connectivity index (χ0v) is 12.7. The smallest absolute Gasteiger partial charge is 0.384 e. The number of thioether (sulfide) groups is 1.